The van der Waals surface area contributed by atoms with E-state index in [0.717, 1.165) is 12.8 Å². The van der Waals surface area contributed by atoms with Crippen LogP contribution in [0.25, 0.3) is 0 Å². The highest BCUT2D eigenvalue weighted by Crippen LogP contribution is 2.36. The molecule has 0 aromatic heterocycles. The van der Waals surface area contributed by atoms with Crippen molar-refractivity contribution in [2.24, 2.45) is 5.41 Å². The van der Waals surface area contributed by atoms with Crippen molar-refractivity contribution in [3.05, 3.63) is 81.9 Å². The standard InChI is InChI=1S/C18H25NS.C11H16/c1-18(2)11-9-15(10-12-18)19-13-3-4-17(19)14-5-7-16(20)8-6-14;1-4-10(3)11-7-5-9(2)6-8-11/h5,7,9-11,17,20H,3-4,6,8,12-13H2,1-2H3;5-8,10H,4H2,1-3H3. The van der Waals surface area contributed by atoms with E-state index in [1.165, 1.54) is 54.0 Å². The fourth-order valence-electron chi connectivity index (χ4n) is 4.54. The Balaban J connectivity index is 0.000000210. The third kappa shape index (κ3) is 6.65. The lowest BCUT2D eigenvalue weighted by Crippen LogP contribution is -2.31. The third-order valence-electron chi connectivity index (χ3n) is 6.97. The molecule has 0 N–H and O–H groups in total. The van der Waals surface area contributed by atoms with Gasteiger partial charge in [-0.15, -0.1) is 12.6 Å². The first-order valence-electron chi connectivity index (χ1n) is 12.1. The van der Waals surface area contributed by atoms with E-state index in [9.17, 15) is 0 Å². The second kappa shape index (κ2) is 10.8. The Bertz CT molecular complexity index is 853. The number of aryl methyl sites for hydroxylation is 1. The lowest BCUT2D eigenvalue weighted by molar-refractivity contribution is 0.348. The van der Waals surface area contributed by atoms with Gasteiger partial charge in [0.1, 0.15) is 0 Å². The Kier molecular flexibility index (Phi) is 8.33. The zero-order valence-electron chi connectivity index (χ0n) is 20.2. The Labute approximate surface area is 196 Å². The minimum atomic E-state index is 0.326. The maximum atomic E-state index is 4.47. The number of thiol groups is 1. The molecule has 0 amide bonds. The number of hydrogen-bond acceptors (Lipinski definition) is 2. The smallest absolute Gasteiger partial charge is 0.0506 e. The summed E-state index contributed by atoms with van der Waals surface area (Å²) in [4.78, 5) is 3.84. The topological polar surface area (TPSA) is 3.24 Å². The van der Waals surface area contributed by atoms with Crippen LogP contribution in [0.2, 0.25) is 0 Å². The molecule has 1 saturated heterocycles. The summed E-state index contributed by atoms with van der Waals surface area (Å²) in [6, 6.07) is 9.43. The second-order valence-electron chi connectivity index (χ2n) is 10.1. The van der Waals surface area contributed by atoms with Crippen LogP contribution >= 0.6 is 12.6 Å². The normalized spacial score (nSPS) is 23.4. The van der Waals surface area contributed by atoms with Crippen molar-refractivity contribution >= 4 is 12.6 Å². The van der Waals surface area contributed by atoms with Crippen LogP contribution in [0.4, 0.5) is 0 Å². The number of benzene rings is 1. The van der Waals surface area contributed by atoms with Gasteiger partial charge in [-0.05, 0) is 78.9 Å². The summed E-state index contributed by atoms with van der Waals surface area (Å²) in [5.41, 5.74) is 6.16. The van der Waals surface area contributed by atoms with Gasteiger partial charge >= 0.3 is 0 Å². The molecule has 1 fully saturated rings. The van der Waals surface area contributed by atoms with Crippen molar-refractivity contribution in [3.63, 3.8) is 0 Å². The van der Waals surface area contributed by atoms with Crippen molar-refractivity contribution in [3.8, 4) is 0 Å². The van der Waals surface area contributed by atoms with E-state index in [2.05, 4.69) is 107 Å². The van der Waals surface area contributed by atoms with Gasteiger partial charge in [0.05, 0.1) is 6.04 Å². The quantitative estimate of drug-likeness (QED) is 0.465. The molecule has 0 saturated carbocycles. The zero-order valence-corrected chi connectivity index (χ0v) is 21.1. The zero-order chi connectivity index (χ0) is 22.4. The average molecular weight is 436 g/mol. The summed E-state index contributed by atoms with van der Waals surface area (Å²) < 4.78 is 0. The van der Waals surface area contributed by atoms with Crippen LogP contribution in [0, 0.1) is 12.3 Å². The minimum absolute atomic E-state index is 0.326. The fourth-order valence-corrected chi connectivity index (χ4v) is 4.73. The van der Waals surface area contributed by atoms with E-state index >= 15 is 0 Å². The van der Waals surface area contributed by atoms with Crippen LogP contribution in [-0.4, -0.2) is 17.5 Å². The Morgan fingerprint density at radius 1 is 1.13 bits per heavy atom. The molecule has 3 aliphatic rings. The van der Waals surface area contributed by atoms with Crippen molar-refractivity contribution < 1.29 is 0 Å². The third-order valence-corrected chi connectivity index (χ3v) is 7.35. The van der Waals surface area contributed by atoms with Crippen LogP contribution in [0.1, 0.15) is 83.3 Å². The Morgan fingerprint density at radius 3 is 2.45 bits per heavy atom. The Morgan fingerprint density at radius 2 is 1.87 bits per heavy atom. The lowest BCUT2D eigenvalue weighted by Gasteiger charge is -2.34. The van der Waals surface area contributed by atoms with Crippen molar-refractivity contribution in [1.82, 2.24) is 4.90 Å². The molecule has 1 heterocycles. The summed E-state index contributed by atoms with van der Waals surface area (Å²) in [7, 11) is 0. The highest BCUT2D eigenvalue weighted by molar-refractivity contribution is 7.84. The molecule has 0 spiro atoms. The second-order valence-corrected chi connectivity index (χ2v) is 10.7. The molecule has 1 aromatic rings. The summed E-state index contributed by atoms with van der Waals surface area (Å²) in [6.07, 6.45) is 18.9. The molecule has 0 bridgehead atoms. The van der Waals surface area contributed by atoms with Crippen LogP contribution in [0.3, 0.4) is 0 Å². The predicted molar refractivity (Wildman–Crippen MR) is 140 cm³/mol. The number of hydrogen-bond donors (Lipinski definition) is 1. The molecular formula is C29H41NS. The van der Waals surface area contributed by atoms with Gasteiger partial charge in [0.2, 0.25) is 0 Å². The van der Waals surface area contributed by atoms with Crippen molar-refractivity contribution in [2.45, 2.75) is 85.1 Å². The maximum Gasteiger partial charge on any atom is 0.0506 e. The first-order valence-corrected chi connectivity index (χ1v) is 12.5. The lowest BCUT2D eigenvalue weighted by atomic mass is 9.85. The van der Waals surface area contributed by atoms with Gasteiger partial charge in [-0.2, -0.15) is 0 Å². The van der Waals surface area contributed by atoms with Crippen LogP contribution in [-0.2, 0) is 0 Å². The number of rotatable bonds is 4. The molecule has 2 aliphatic carbocycles. The average Bonchev–Trinajstić information content (AvgIpc) is 3.24. The van der Waals surface area contributed by atoms with Crippen molar-refractivity contribution in [1.29, 1.82) is 0 Å². The van der Waals surface area contributed by atoms with E-state index in [1.807, 2.05) is 0 Å². The van der Waals surface area contributed by atoms with E-state index in [4.69, 9.17) is 0 Å². The van der Waals surface area contributed by atoms with Crippen LogP contribution in [0.5, 0.6) is 0 Å². The summed E-state index contributed by atoms with van der Waals surface area (Å²) in [5.74, 6) is 0.704. The summed E-state index contributed by atoms with van der Waals surface area (Å²) >= 11 is 4.47. The Hall–Kier alpha value is -1.67. The van der Waals surface area contributed by atoms with E-state index in [1.54, 1.807) is 5.57 Å². The highest BCUT2D eigenvalue weighted by atomic mass is 32.1. The fraction of sp³-hybridized carbons (Fsp3) is 0.517. The number of likely N-dealkylation sites (tertiary alicyclic amines) is 1. The molecule has 1 aliphatic heterocycles. The predicted octanol–water partition coefficient (Wildman–Crippen LogP) is 8.36. The molecule has 168 valence electrons. The van der Waals surface area contributed by atoms with Gasteiger partial charge in [-0.25, -0.2) is 0 Å². The highest BCUT2D eigenvalue weighted by Gasteiger charge is 2.30. The number of nitrogens with zero attached hydrogens (tertiary/aromatic N) is 1. The van der Waals surface area contributed by atoms with Gasteiger partial charge in [-0.3, -0.25) is 0 Å². The maximum absolute atomic E-state index is 4.47. The van der Waals surface area contributed by atoms with Gasteiger partial charge < -0.3 is 4.90 Å². The molecule has 2 atom stereocenters. The van der Waals surface area contributed by atoms with E-state index in [0.29, 0.717) is 17.4 Å². The van der Waals surface area contributed by atoms with E-state index < -0.39 is 0 Å². The van der Waals surface area contributed by atoms with Crippen LogP contribution < -0.4 is 0 Å². The molecule has 31 heavy (non-hydrogen) atoms. The first-order chi connectivity index (χ1) is 14.8. The largest absolute Gasteiger partial charge is 0.365 e. The molecule has 2 unspecified atom stereocenters. The summed E-state index contributed by atoms with van der Waals surface area (Å²) in [5, 5.41) is 0. The molecule has 4 rings (SSSR count). The molecular weight excluding hydrogens is 394 g/mol. The molecule has 2 heteroatoms. The minimum Gasteiger partial charge on any atom is -0.365 e. The van der Waals surface area contributed by atoms with Gasteiger partial charge in [0, 0.05) is 12.2 Å². The summed E-state index contributed by atoms with van der Waals surface area (Å²) in [6.45, 7) is 12.4. The van der Waals surface area contributed by atoms with Crippen molar-refractivity contribution in [2.75, 3.05) is 6.54 Å². The molecule has 0 radical (unpaired) electrons. The van der Waals surface area contributed by atoms with Gasteiger partial charge in [-0.1, -0.05) is 81.8 Å². The van der Waals surface area contributed by atoms with Gasteiger partial charge in [0.25, 0.3) is 0 Å². The monoisotopic (exact) mass is 435 g/mol. The molecule has 1 nitrogen and oxygen atoms in total. The molecule has 1 aromatic carbocycles. The van der Waals surface area contributed by atoms with E-state index in [-0.39, 0.29) is 0 Å². The number of allylic oxidation sites excluding steroid dienone is 6. The van der Waals surface area contributed by atoms with Gasteiger partial charge in [0.15, 0.2) is 0 Å². The first kappa shape index (κ1) is 24.0. The van der Waals surface area contributed by atoms with Crippen LogP contribution in [0.15, 0.2) is 70.8 Å². The SMILES string of the molecule is CC1(C)C=CC(N2CCCC2C2=CC=C(S)CC2)=CC1.CCC(C)c1ccc(C)cc1.